The van der Waals surface area contributed by atoms with Gasteiger partial charge >= 0.3 is 14.4 Å². The number of para-hydroxylation sites is 1. The van der Waals surface area contributed by atoms with E-state index in [4.69, 9.17) is 4.99 Å². The molecule has 3 heteroatoms. The van der Waals surface area contributed by atoms with Gasteiger partial charge in [-0.1, -0.05) is 107 Å². The molecule has 172 valence electrons. The molecule has 0 spiro atoms. The van der Waals surface area contributed by atoms with Crippen LogP contribution in [0.5, 0.6) is 0 Å². The Morgan fingerprint density at radius 1 is 0.788 bits per heavy atom. The molecule has 3 rings (SSSR count). The number of nitrogens with zero attached hydrogens (tertiary/aromatic N) is 1. The zero-order chi connectivity index (χ0) is 24.0. The fraction of sp³-hybridized carbons (Fsp3) is 0.367. The summed E-state index contributed by atoms with van der Waals surface area (Å²) in [5.41, 5.74) is 9.18. The highest BCUT2D eigenvalue weighted by atomic mass is 27.2. The summed E-state index contributed by atoms with van der Waals surface area (Å²) in [6.45, 7) is 13.6. The molecule has 0 bridgehead atoms. The van der Waals surface area contributed by atoms with Crippen molar-refractivity contribution in [2.24, 2.45) is 4.99 Å². The highest BCUT2D eigenvalue weighted by Crippen LogP contribution is 2.33. The lowest BCUT2D eigenvalue weighted by molar-refractivity contribution is 0.839. The zero-order valence-electron chi connectivity index (χ0n) is 21.4. The third-order valence-electron chi connectivity index (χ3n) is 6.23. The van der Waals surface area contributed by atoms with E-state index in [0.29, 0.717) is 17.8 Å². The van der Waals surface area contributed by atoms with Crippen molar-refractivity contribution in [2.45, 2.75) is 70.4 Å². The van der Waals surface area contributed by atoms with Gasteiger partial charge < -0.3 is 4.30 Å². The molecule has 3 aromatic rings. The molecule has 1 N–H and O–H groups in total. The molecule has 0 aliphatic rings. The molecule has 2 nitrogen and oxygen atoms in total. The summed E-state index contributed by atoms with van der Waals surface area (Å²) in [4.78, 5) is 4.82. The van der Waals surface area contributed by atoms with Gasteiger partial charge in [-0.25, -0.2) is 0 Å². The Labute approximate surface area is 205 Å². The second kappa shape index (κ2) is 11.7. The van der Waals surface area contributed by atoms with Crippen LogP contribution in [0.1, 0.15) is 87.1 Å². The fourth-order valence-electron chi connectivity index (χ4n) is 4.30. The summed E-state index contributed by atoms with van der Waals surface area (Å²) < 4.78 is 4.01. The molecule has 0 saturated heterocycles. The minimum atomic E-state index is -1.25. The van der Waals surface area contributed by atoms with Crippen molar-refractivity contribution in [1.82, 2.24) is 0 Å². The van der Waals surface area contributed by atoms with Crippen LogP contribution in [-0.2, 0) is 5.28 Å². The van der Waals surface area contributed by atoms with Crippen molar-refractivity contribution in [3.63, 3.8) is 0 Å². The average molecular weight is 455 g/mol. The Hall–Kier alpha value is -2.34. The number of hydrogen-bond donors (Lipinski definition) is 1. The highest BCUT2D eigenvalue weighted by Gasteiger charge is 2.20. The van der Waals surface area contributed by atoms with Crippen LogP contribution in [0.2, 0.25) is 5.79 Å². The maximum Gasteiger partial charge on any atom is 0.412 e. The summed E-state index contributed by atoms with van der Waals surface area (Å²) in [5, 5.41) is 1.08. The van der Waals surface area contributed by atoms with Crippen molar-refractivity contribution >= 4 is 32.0 Å². The minimum absolute atomic E-state index is 0.508. The van der Waals surface area contributed by atoms with Crippen molar-refractivity contribution in [3.05, 3.63) is 94.5 Å². The van der Waals surface area contributed by atoms with Gasteiger partial charge in [-0.3, -0.25) is 4.99 Å². The monoisotopic (exact) mass is 454 g/mol. The molecule has 0 atom stereocenters. The van der Waals surface area contributed by atoms with Crippen LogP contribution in [0.15, 0.2) is 71.7 Å². The van der Waals surface area contributed by atoms with Crippen LogP contribution in [0.4, 0.5) is 11.4 Å². The standard InChI is InChI=1S/C17H18N.C12H18N.CH3.Al/c1-13(2)15-9-6-10-17(11-15)18-12-16-8-5-4-7-14(16)3;1-8(2)10-6-5-7-11(9(3)4)12(10)13;;/h4-13H,3H2,1-2H3;5-9,13H,1-4H3;1H3;/q;-1;;+1. The van der Waals surface area contributed by atoms with Crippen LogP contribution in [-0.4, -0.2) is 20.6 Å². The van der Waals surface area contributed by atoms with E-state index < -0.39 is 14.4 Å². The van der Waals surface area contributed by atoms with Crippen molar-refractivity contribution in [2.75, 3.05) is 4.30 Å². The lowest BCUT2D eigenvalue weighted by atomic mass is 9.93. The number of anilines is 1. The molecule has 0 saturated carbocycles. The predicted octanol–water partition coefficient (Wildman–Crippen LogP) is 8.62. The molecule has 0 unspecified atom stereocenters. The molecular weight excluding hydrogens is 415 g/mol. The summed E-state index contributed by atoms with van der Waals surface area (Å²) in [5.74, 6) is 3.94. The zero-order valence-corrected chi connectivity index (χ0v) is 22.5. The highest BCUT2D eigenvalue weighted by molar-refractivity contribution is 6.60. The molecule has 0 aliphatic heterocycles. The topological polar surface area (TPSA) is 24.4 Å². The number of nitrogens with one attached hydrogen (secondary N) is 1. The first-order chi connectivity index (χ1) is 15.8. The Morgan fingerprint density at radius 3 is 2.06 bits per heavy atom. The molecule has 0 aromatic heterocycles. The average Bonchev–Trinajstić information content (AvgIpc) is 2.78. The minimum Gasteiger partial charge on any atom is -0.476 e. The third kappa shape index (κ3) is 6.83. The summed E-state index contributed by atoms with van der Waals surface area (Å²) in [7, 11) is 0. The van der Waals surface area contributed by atoms with Gasteiger partial charge in [0.05, 0.1) is 5.69 Å². The van der Waals surface area contributed by atoms with Crippen molar-refractivity contribution in [3.8, 4) is 0 Å². The van der Waals surface area contributed by atoms with Crippen molar-refractivity contribution in [1.29, 1.82) is 0 Å². The maximum absolute atomic E-state index is 4.82. The van der Waals surface area contributed by atoms with E-state index in [0.717, 1.165) is 11.0 Å². The van der Waals surface area contributed by atoms with Gasteiger partial charge in [0.2, 0.25) is 0 Å². The predicted molar refractivity (Wildman–Crippen MR) is 148 cm³/mol. The Balaban J connectivity index is 1.81. The first-order valence-electron chi connectivity index (χ1n) is 12.4. The van der Waals surface area contributed by atoms with E-state index in [1.807, 2.05) is 6.21 Å². The molecule has 33 heavy (non-hydrogen) atoms. The number of hydrogen-bond acceptors (Lipinski definition) is 2. The van der Waals surface area contributed by atoms with Gasteiger partial charge in [0.25, 0.3) is 0 Å². The first kappa shape index (κ1) is 25.3. The number of benzene rings is 3. The summed E-state index contributed by atoms with van der Waals surface area (Å²) in [6, 6.07) is 24.0. The quantitative estimate of drug-likeness (QED) is 0.254. The Morgan fingerprint density at radius 2 is 1.42 bits per heavy atom. The normalized spacial score (nSPS) is 11.7. The molecular formula is C30H39AlN2. The number of rotatable bonds is 9. The van der Waals surface area contributed by atoms with E-state index in [2.05, 4.69) is 118 Å². The van der Waals surface area contributed by atoms with Crippen LogP contribution in [0.25, 0.3) is 0 Å². The van der Waals surface area contributed by atoms with Gasteiger partial charge in [-0.05, 0) is 57.4 Å². The molecule has 0 fully saturated rings. The van der Waals surface area contributed by atoms with E-state index in [9.17, 15) is 0 Å². The smallest absolute Gasteiger partial charge is 0.412 e. The van der Waals surface area contributed by atoms with Crippen molar-refractivity contribution < 1.29 is 0 Å². The molecule has 0 aliphatic carbocycles. The molecule has 0 heterocycles. The van der Waals surface area contributed by atoms with Gasteiger partial charge in [0.1, 0.15) is 0 Å². The van der Waals surface area contributed by atoms with E-state index in [-0.39, 0.29) is 0 Å². The third-order valence-corrected chi connectivity index (χ3v) is 8.07. The van der Waals surface area contributed by atoms with Crippen LogP contribution >= 0.6 is 0 Å². The first-order valence-corrected chi connectivity index (χ1v) is 14.9. The molecule has 0 radical (unpaired) electrons. The number of aliphatic imine (C=N–C) groups is 1. The second-order valence-electron chi connectivity index (χ2n) is 10.1. The van der Waals surface area contributed by atoms with Crippen LogP contribution in [0.3, 0.4) is 0 Å². The van der Waals surface area contributed by atoms with Gasteiger partial charge in [-0.15, -0.1) is 0 Å². The largest absolute Gasteiger partial charge is 0.476 e. The van der Waals surface area contributed by atoms with E-state index in [1.165, 1.54) is 33.5 Å². The lowest BCUT2D eigenvalue weighted by Gasteiger charge is -2.23. The SMILES string of the molecule is CC(C)c1cccc(N=Cc2ccccc2[CH2][Al]([CH3])[NH]c2c(C(C)C)cccc2C(C)C)c1. The van der Waals surface area contributed by atoms with Crippen LogP contribution in [0, 0.1) is 0 Å². The second-order valence-corrected chi connectivity index (χ2v) is 12.6. The fourth-order valence-corrected chi connectivity index (χ4v) is 6.26. The molecule has 3 aromatic carbocycles. The van der Waals surface area contributed by atoms with Gasteiger partial charge in [0.15, 0.2) is 0 Å². The van der Waals surface area contributed by atoms with Gasteiger partial charge in [-0.2, -0.15) is 0 Å². The van der Waals surface area contributed by atoms with E-state index >= 15 is 0 Å². The lowest BCUT2D eigenvalue weighted by Crippen LogP contribution is -2.26. The van der Waals surface area contributed by atoms with E-state index in [1.54, 1.807) is 0 Å². The Kier molecular flexibility index (Phi) is 8.96. The summed E-state index contributed by atoms with van der Waals surface area (Å²) >= 11 is -1.25. The van der Waals surface area contributed by atoms with Crippen LogP contribution < -0.4 is 4.30 Å². The Bertz CT molecular complexity index is 1060. The van der Waals surface area contributed by atoms with Gasteiger partial charge in [0, 0.05) is 11.9 Å². The molecule has 0 amide bonds. The summed E-state index contributed by atoms with van der Waals surface area (Å²) in [6.07, 6.45) is 2.04. The maximum atomic E-state index is 4.82.